The highest BCUT2D eigenvalue weighted by Gasteiger charge is 2.24. The van der Waals surface area contributed by atoms with E-state index < -0.39 is 5.82 Å². The average Bonchev–Trinajstić information content (AvgIpc) is 2.41. The summed E-state index contributed by atoms with van der Waals surface area (Å²) in [5, 5.41) is 12.8. The maximum Gasteiger partial charge on any atom is 0.257 e. The quantitative estimate of drug-likeness (QED) is 0.835. The van der Waals surface area contributed by atoms with Gasteiger partial charge >= 0.3 is 0 Å². The van der Waals surface area contributed by atoms with Crippen LogP contribution in [0.1, 0.15) is 23.2 Å². The second-order valence-corrected chi connectivity index (χ2v) is 4.58. The largest absolute Gasteiger partial charge is 0.507 e. The summed E-state index contributed by atoms with van der Waals surface area (Å²) in [7, 11) is 1.68. The number of hydrogen-bond acceptors (Lipinski definition) is 3. The first-order valence-electron chi connectivity index (χ1n) is 6.06. The molecule has 1 saturated heterocycles. The second-order valence-electron chi connectivity index (χ2n) is 4.58. The zero-order valence-electron chi connectivity index (χ0n) is 10.3. The van der Waals surface area contributed by atoms with Gasteiger partial charge in [0.2, 0.25) is 0 Å². The molecule has 18 heavy (non-hydrogen) atoms. The maximum atomic E-state index is 13.1. The van der Waals surface area contributed by atoms with E-state index >= 15 is 0 Å². The highest BCUT2D eigenvalue weighted by atomic mass is 19.1. The average molecular weight is 252 g/mol. The molecule has 1 heterocycles. The Morgan fingerprint density at radius 3 is 3.00 bits per heavy atom. The van der Waals surface area contributed by atoms with Gasteiger partial charge in [0.1, 0.15) is 11.6 Å². The Kier molecular flexibility index (Phi) is 3.81. The van der Waals surface area contributed by atoms with Gasteiger partial charge in [-0.15, -0.1) is 0 Å². The van der Waals surface area contributed by atoms with Gasteiger partial charge in [0.15, 0.2) is 0 Å². The number of amides is 1. The molecule has 1 amide bonds. The van der Waals surface area contributed by atoms with Crippen LogP contribution in [0.5, 0.6) is 5.75 Å². The molecule has 0 radical (unpaired) electrons. The zero-order valence-corrected chi connectivity index (χ0v) is 10.3. The highest BCUT2D eigenvalue weighted by molar-refractivity contribution is 5.96. The second kappa shape index (κ2) is 5.35. The van der Waals surface area contributed by atoms with E-state index in [2.05, 4.69) is 5.32 Å². The Morgan fingerprint density at radius 2 is 2.33 bits per heavy atom. The molecule has 1 unspecified atom stereocenters. The summed E-state index contributed by atoms with van der Waals surface area (Å²) >= 11 is 0. The number of piperidine rings is 1. The summed E-state index contributed by atoms with van der Waals surface area (Å²) in [4.78, 5) is 13.8. The molecule has 1 aliphatic heterocycles. The number of carbonyl (C=O) groups is 1. The van der Waals surface area contributed by atoms with Crippen LogP contribution in [0, 0.1) is 5.82 Å². The minimum absolute atomic E-state index is 0.0167. The Balaban J connectivity index is 2.16. The molecule has 5 heteroatoms. The van der Waals surface area contributed by atoms with Crippen molar-refractivity contribution in [3.8, 4) is 5.75 Å². The number of halogens is 1. The molecule has 2 N–H and O–H groups in total. The summed E-state index contributed by atoms with van der Waals surface area (Å²) in [5.74, 6) is -1.05. The summed E-state index contributed by atoms with van der Waals surface area (Å²) in [6.45, 7) is 1.70. The topological polar surface area (TPSA) is 52.6 Å². The molecule has 0 aliphatic carbocycles. The number of carbonyl (C=O) groups excluding carboxylic acids is 1. The van der Waals surface area contributed by atoms with Gasteiger partial charge in [-0.1, -0.05) is 0 Å². The third-order valence-corrected chi connectivity index (χ3v) is 3.33. The van der Waals surface area contributed by atoms with Gasteiger partial charge in [0.05, 0.1) is 5.56 Å². The predicted molar refractivity (Wildman–Crippen MR) is 66.1 cm³/mol. The molecule has 98 valence electrons. The van der Waals surface area contributed by atoms with Crippen LogP contribution in [0.2, 0.25) is 0 Å². The van der Waals surface area contributed by atoms with Gasteiger partial charge in [-0.25, -0.2) is 4.39 Å². The van der Waals surface area contributed by atoms with Crippen LogP contribution < -0.4 is 5.32 Å². The van der Waals surface area contributed by atoms with E-state index in [1.54, 1.807) is 11.9 Å². The zero-order chi connectivity index (χ0) is 13.1. The fraction of sp³-hybridized carbons (Fsp3) is 0.462. The molecular formula is C13H17FN2O2. The fourth-order valence-corrected chi connectivity index (χ4v) is 2.20. The fourth-order valence-electron chi connectivity index (χ4n) is 2.20. The number of likely N-dealkylation sites (N-methyl/N-ethyl adjacent to an activating group) is 1. The number of nitrogens with zero attached hydrogens (tertiary/aromatic N) is 1. The number of aromatic hydroxyl groups is 1. The van der Waals surface area contributed by atoms with Crippen molar-refractivity contribution in [1.29, 1.82) is 0 Å². The molecule has 1 atom stereocenters. The molecule has 0 spiro atoms. The van der Waals surface area contributed by atoms with Gasteiger partial charge in [0, 0.05) is 19.6 Å². The highest BCUT2D eigenvalue weighted by Crippen LogP contribution is 2.21. The van der Waals surface area contributed by atoms with Crippen molar-refractivity contribution in [3.05, 3.63) is 29.6 Å². The molecule has 0 saturated carbocycles. The van der Waals surface area contributed by atoms with Crippen LogP contribution in [0.15, 0.2) is 18.2 Å². The number of rotatable bonds is 2. The minimum atomic E-state index is -0.522. The van der Waals surface area contributed by atoms with Crippen molar-refractivity contribution in [2.45, 2.75) is 18.9 Å². The van der Waals surface area contributed by atoms with Crippen molar-refractivity contribution in [2.75, 3.05) is 20.1 Å². The van der Waals surface area contributed by atoms with Gasteiger partial charge in [-0.2, -0.15) is 0 Å². The molecule has 2 rings (SSSR count). The first-order chi connectivity index (χ1) is 8.59. The SMILES string of the molecule is CN(C(=O)c1cc(F)ccc1O)C1CCCNC1. The molecular weight excluding hydrogens is 235 g/mol. The Labute approximate surface area is 105 Å². The van der Waals surface area contributed by atoms with Gasteiger partial charge in [-0.3, -0.25) is 4.79 Å². The lowest BCUT2D eigenvalue weighted by molar-refractivity contribution is 0.0704. The lowest BCUT2D eigenvalue weighted by atomic mass is 10.0. The Hall–Kier alpha value is -1.62. The van der Waals surface area contributed by atoms with E-state index in [-0.39, 0.29) is 23.3 Å². The molecule has 0 bridgehead atoms. The normalized spacial score (nSPS) is 19.6. The number of benzene rings is 1. The first kappa shape index (κ1) is 12.8. The van der Waals surface area contributed by atoms with Crippen LogP contribution in [0.25, 0.3) is 0 Å². The first-order valence-corrected chi connectivity index (χ1v) is 6.06. The van der Waals surface area contributed by atoms with Gasteiger partial charge < -0.3 is 15.3 Å². The van der Waals surface area contributed by atoms with E-state index in [1.807, 2.05) is 0 Å². The monoisotopic (exact) mass is 252 g/mol. The Bertz CT molecular complexity index is 445. The third kappa shape index (κ3) is 2.61. The van der Waals surface area contributed by atoms with Crippen molar-refractivity contribution in [3.63, 3.8) is 0 Å². The molecule has 1 aromatic rings. The number of nitrogens with one attached hydrogen (secondary N) is 1. The van der Waals surface area contributed by atoms with E-state index in [9.17, 15) is 14.3 Å². The Morgan fingerprint density at radius 1 is 1.56 bits per heavy atom. The van der Waals surface area contributed by atoms with Crippen molar-refractivity contribution < 1.29 is 14.3 Å². The summed E-state index contributed by atoms with van der Waals surface area (Å²) in [6, 6.07) is 3.50. The molecule has 1 aromatic carbocycles. The van der Waals surface area contributed by atoms with E-state index in [4.69, 9.17) is 0 Å². The predicted octanol–water partition coefficient (Wildman–Crippen LogP) is 1.36. The lowest BCUT2D eigenvalue weighted by Gasteiger charge is -2.31. The summed E-state index contributed by atoms with van der Waals surface area (Å²) < 4.78 is 13.1. The molecule has 1 fully saturated rings. The smallest absolute Gasteiger partial charge is 0.257 e. The van der Waals surface area contributed by atoms with E-state index in [0.717, 1.165) is 38.1 Å². The van der Waals surface area contributed by atoms with Crippen LogP contribution >= 0.6 is 0 Å². The lowest BCUT2D eigenvalue weighted by Crippen LogP contribution is -2.46. The van der Waals surface area contributed by atoms with Crippen LogP contribution in [-0.2, 0) is 0 Å². The number of phenolic OH excluding ortho intramolecular Hbond substituents is 1. The molecule has 0 aromatic heterocycles. The third-order valence-electron chi connectivity index (χ3n) is 3.33. The van der Waals surface area contributed by atoms with E-state index in [1.165, 1.54) is 6.07 Å². The van der Waals surface area contributed by atoms with Crippen molar-refractivity contribution in [2.24, 2.45) is 0 Å². The molecule has 1 aliphatic rings. The maximum absolute atomic E-state index is 13.1. The number of phenols is 1. The number of hydrogen-bond donors (Lipinski definition) is 2. The van der Waals surface area contributed by atoms with Crippen molar-refractivity contribution >= 4 is 5.91 Å². The van der Waals surface area contributed by atoms with Gasteiger partial charge in [0.25, 0.3) is 5.91 Å². The summed E-state index contributed by atoms with van der Waals surface area (Å²) in [6.07, 6.45) is 1.93. The van der Waals surface area contributed by atoms with Crippen LogP contribution in [-0.4, -0.2) is 42.1 Å². The standard InChI is InChI=1S/C13H17FN2O2/c1-16(10-3-2-6-15-8-10)13(18)11-7-9(14)4-5-12(11)17/h4-5,7,10,15,17H,2-3,6,8H2,1H3. The van der Waals surface area contributed by atoms with E-state index in [0.29, 0.717) is 0 Å². The van der Waals surface area contributed by atoms with Crippen molar-refractivity contribution in [1.82, 2.24) is 10.2 Å². The van der Waals surface area contributed by atoms with Gasteiger partial charge in [-0.05, 0) is 37.6 Å². The van der Waals surface area contributed by atoms with Crippen LogP contribution in [0.3, 0.4) is 0 Å². The minimum Gasteiger partial charge on any atom is -0.507 e. The summed E-state index contributed by atoms with van der Waals surface area (Å²) in [5.41, 5.74) is 0.0167. The molecule has 4 nitrogen and oxygen atoms in total. The van der Waals surface area contributed by atoms with Crippen LogP contribution in [0.4, 0.5) is 4.39 Å².